The van der Waals surface area contributed by atoms with Crippen LogP contribution < -0.4 is 38.9 Å². The molecule has 5 unspecified atom stereocenters. The van der Waals surface area contributed by atoms with E-state index in [-0.39, 0.29) is 37.0 Å². The van der Waals surface area contributed by atoms with Crippen molar-refractivity contribution < 1.29 is 29.4 Å². The Kier molecular flexibility index (Phi) is 15.8. The quantitative estimate of drug-likeness (QED) is 0.0551. The Labute approximate surface area is 240 Å². The highest BCUT2D eigenvalue weighted by Crippen LogP contribution is 2.13. The summed E-state index contributed by atoms with van der Waals surface area (Å²) in [4.78, 5) is 55.3. The van der Waals surface area contributed by atoms with Crippen LogP contribution in [0.4, 0.5) is 0 Å². The van der Waals surface area contributed by atoms with Gasteiger partial charge in [-0.15, -0.1) is 0 Å². The molecule has 0 aliphatic carbocycles. The second-order valence-corrected chi connectivity index (χ2v) is 10.0. The molecule has 0 aliphatic rings. The molecule has 0 bridgehead atoms. The summed E-state index contributed by atoms with van der Waals surface area (Å²) in [5.74, 6) is -3.56. The van der Waals surface area contributed by atoms with Gasteiger partial charge in [0.05, 0.1) is 6.04 Å². The van der Waals surface area contributed by atoms with Crippen LogP contribution in [-0.2, 0) is 25.6 Å². The van der Waals surface area contributed by atoms with Gasteiger partial charge in [-0.3, -0.25) is 19.4 Å². The van der Waals surface area contributed by atoms with E-state index >= 15 is 0 Å². The fraction of sp³-hybridized carbons (Fsp3) is 0.593. The van der Waals surface area contributed by atoms with Crippen molar-refractivity contribution in [3.05, 3.63) is 29.8 Å². The lowest BCUT2D eigenvalue weighted by Crippen LogP contribution is -2.58. The molecule has 41 heavy (non-hydrogen) atoms. The van der Waals surface area contributed by atoms with Crippen molar-refractivity contribution in [2.75, 3.05) is 13.1 Å². The molecule has 3 amide bonds. The molecular weight excluding hydrogens is 532 g/mol. The Balaban J connectivity index is 3.18. The molecule has 0 heterocycles. The lowest BCUT2D eigenvalue weighted by atomic mass is 9.98. The van der Waals surface area contributed by atoms with E-state index in [4.69, 9.17) is 22.9 Å². The molecule has 0 spiro atoms. The van der Waals surface area contributed by atoms with Gasteiger partial charge >= 0.3 is 5.97 Å². The van der Waals surface area contributed by atoms with Gasteiger partial charge in [-0.25, -0.2) is 4.79 Å². The minimum absolute atomic E-state index is 0.0347. The first-order chi connectivity index (χ1) is 19.4. The molecule has 0 aliphatic heterocycles. The van der Waals surface area contributed by atoms with Crippen molar-refractivity contribution in [2.45, 2.75) is 83.0 Å². The number of aromatic hydroxyl groups is 1. The molecule has 5 atom stereocenters. The zero-order chi connectivity index (χ0) is 30.9. The fourth-order valence-corrected chi connectivity index (χ4v) is 3.98. The van der Waals surface area contributed by atoms with Crippen molar-refractivity contribution in [3.63, 3.8) is 0 Å². The van der Waals surface area contributed by atoms with Gasteiger partial charge in [-0.05, 0) is 55.8 Å². The van der Waals surface area contributed by atoms with E-state index in [0.29, 0.717) is 44.2 Å². The van der Waals surface area contributed by atoms with Gasteiger partial charge in [0, 0.05) is 13.0 Å². The number of rotatable bonds is 19. The number of phenolic OH excluding ortho intramolecular Hbond substituents is 1. The van der Waals surface area contributed by atoms with Crippen molar-refractivity contribution in [3.8, 4) is 5.75 Å². The number of nitrogens with zero attached hydrogens (tertiary/aromatic N) is 1. The number of benzene rings is 1. The monoisotopic (exact) mass is 578 g/mol. The molecule has 0 fully saturated rings. The van der Waals surface area contributed by atoms with Gasteiger partial charge < -0.3 is 49.1 Å². The van der Waals surface area contributed by atoms with Crippen molar-refractivity contribution in [1.82, 2.24) is 16.0 Å². The third-order valence-corrected chi connectivity index (χ3v) is 6.67. The van der Waals surface area contributed by atoms with Crippen molar-refractivity contribution >= 4 is 29.7 Å². The zero-order valence-corrected chi connectivity index (χ0v) is 23.8. The molecule has 1 aromatic carbocycles. The number of aliphatic carboxylic acids is 1. The number of aliphatic imine (C=N–C) groups is 1. The smallest absolute Gasteiger partial charge is 0.326 e. The van der Waals surface area contributed by atoms with Crippen LogP contribution in [0.1, 0.15) is 57.9 Å². The normalized spacial score (nSPS) is 14.5. The van der Waals surface area contributed by atoms with E-state index in [1.165, 1.54) is 12.1 Å². The molecular formula is C27H46N8O6. The summed E-state index contributed by atoms with van der Waals surface area (Å²) >= 11 is 0. The number of carboxylic acids is 1. The average Bonchev–Trinajstić information content (AvgIpc) is 2.93. The van der Waals surface area contributed by atoms with Crippen LogP contribution in [0.5, 0.6) is 5.75 Å². The minimum atomic E-state index is -1.20. The first-order valence-corrected chi connectivity index (χ1v) is 13.8. The highest BCUT2D eigenvalue weighted by molar-refractivity contribution is 5.94. The first kappa shape index (κ1) is 35.1. The minimum Gasteiger partial charge on any atom is -0.508 e. The third kappa shape index (κ3) is 13.3. The molecule has 230 valence electrons. The molecule has 13 N–H and O–H groups in total. The van der Waals surface area contributed by atoms with Crippen LogP contribution in [0.2, 0.25) is 0 Å². The predicted molar refractivity (Wildman–Crippen MR) is 155 cm³/mol. The number of hydrogen-bond acceptors (Lipinski definition) is 8. The number of unbranched alkanes of at least 4 members (excludes halogenated alkanes) is 1. The Morgan fingerprint density at radius 2 is 1.51 bits per heavy atom. The zero-order valence-electron chi connectivity index (χ0n) is 23.8. The largest absolute Gasteiger partial charge is 0.508 e. The third-order valence-electron chi connectivity index (χ3n) is 6.67. The molecule has 1 aromatic rings. The Bertz CT molecular complexity index is 1020. The Hall–Kier alpha value is -3.91. The summed E-state index contributed by atoms with van der Waals surface area (Å²) in [6, 6.07) is 1.81. The van der Waals surface area contributed by atoms with E-state index in [0.717, 1.165) is 0 Å². The van der Waals surface area contributed by atoms with Crippen LogP contribution in [-0.4, -0.2) is 77.1 Å². The molecule has 14 heteroatoms. The van der Waals surface area contributed by atoms with Crippen LogP contribution in [0.15, 0.2) is 29.3 Å². The number of carbonyl (C=O) groups is 4. The van der Waals surface area contributed by atoms with Crippen LogP contribution in [0.25, 0.3) is 0 Å². The summed E-state index contributed by atoms with van der Waals surface area (Å²) in [6.07, 6.45) is 2.66. The van der Waals surface area contributed by atoms with Gasteiger partial charge in [0.1, 0.15) is 23.9 Å². The number of nitrogens with two attached hydrogens (primary N) is 4. The summed E-state index contributed by atoms with van der Waals surface area (Å²) < 4.78 is 0. The second-order valence-electron chi connectivity index (χ2n) is 10.0. The van der Waals surface area contributed by atoms with Crippen LogP contribution >= 0.6 is 0 Å². The maximum atomic E-state index is 13.5. The van der Waals surface area contributed by atoms with E-state index < -0.39 is 47.9 Å². The molecule has 1 rings (SSSR count). The Morgan fingerprint density at radius 3 is 2.07 bits per heavy atom. The summed E-state index contributed by atoms with van der Waals surface area (Å²) in [5.41, 5.74) is 22.9. The van der Waals surface area contributed by atoms with Crippen molar-refractivity contribution in [1.29, 1.82) is 0 Å². The average molecular weight is 579 g/mol. The van der Waals surface area contributed by atoms with Gasteiger partial charge in [-0.1, -0.05) is 38.8 Å². The standard InChI is InChI=1S/C27H46N8O6/c1-3-16(2)22(26(40)41)35-24(38)20(8-6-14-32-27(30)31)33-25(39)21(15-17-9-11-18(36)12-10-17)34-23(37)19(29)7-4-5-13-28/h9-12,16,19-22,36H,3-8,13-15,28-29H2,1-2H3,(H,33,39)(H,34,37)(H,35,38)(H,40,41)(H4,30,31,32). The molecule has 0 aromatic heterocycles. The first-order valence-electron chi connectivity index (χ1n) is 13.8. The van der Waals surface area contributed by atoms with Crippen molar-refractivity contribution in [2.24, 2.45) is 33.8 Å². The lowest BCUT2D eigenvalue weighted by Gasteiger charge is -2.26. The Morgan fingerprint density at radius 1 is 0.902 bits per heavy atom. The highest BCUT2D eigenvalue weighted by Gasteiger charge is 2.32. The molecule has 0 radical (unpaired) electrons. The van der Waals surface area contributed by atoms with E-state index in [1.54, 1.807) is 26.0 Å². The molecule has 0 saturated carbocycles. The van der Waals surface area contributed by atoms with E-state index in [9.17, 15) is 29.4 Å². The number of nitrogens with one attached hydrogen (secondary N) is 3. The predicted octanol–water partition coefficient (Wildman–Crippen LogP) is -0.970. The number of amides is 3. The number of carbonyl (C=O) groups excluding carboxylic acids is 3. The maximum absolute atomic E-state index is 13.5. The van der Waals surface area contributed by atoms with Gasteiger partial charge in [0.2, 0.25) is 17.7 Å². The summed E-state index contributed by atoms with van der Waals surface area (Å²) in [7, 11) is 0. The fourth-order valence-electron chi connectivity index (χ4n) is 3.98. The second kappa shape index (κ2) is 18.4. The summed E-state index contributed by atoms with van der Waals surface area (Å²) in [5, 5.41) is 27.1. The van der Waals surface area contributed by atoms with Gasteiger partial charge in [-0.2, -0.15) is 0 Å². The van der Waals surface area contributed by atoms with Gasteiger partial charge in [0.25, 0.3) is 0 Å². The lowest BCUT2D eigenvalue weighted by molar-refractivity contribution is -0.144. The van der Waals surface area contributed by atoms with E-state index in [2.05, 4.69) is 20.9 Å². The van der Waals surface area contributed by atoms with Crippen LogP contribution in [0, 0.1) is 5.92 Å². The SMILES string of the molecule is CCC(C)C(NC(=O)C(CCCN=C(N)N)NC(=O)C(Cc1ccc(O)cc1)NC(=O)C(N)CCCCN)C(=O)O. The molecule has 14 nitrogen and oxygen atoms in total. The highest BCUT2D eigenvalue weighted by atomic mass is 16.4. The molecule has 0 saturated heterocycles. The number of hydrogen-bond donors (Lipinski definition) is 9. The van der Waals surface area contributed by atoms with E-state index in [1.807, 2.05) is 0 Å². The van der Waals surface area contributed by atoms with Gasteiger partial charge in [0.15, 0.2) is 5.96 Å². The topological polar surface area (TPSA) is 261 Å². The number of guanidine groups is 1. The number of phenols is 1. The van der Waals surface area contributed by atoms with Crippen LogP contribution in [0.3, 0.4) is 0 Å². The summed E-state index contributed by atoms with van der Waals surface area (Å²) in [6.45, 7) is 4.15. The number of carboxylic acid groups (broad SMARTS) is 1. The maximum Gasteiger partial charge on any atom is 0.326 e.